The Kier molecular flexibility index (Phi) is 2.28. The van der Waals surface area contributed by atoms with Crippen LogP contribution in [0.5, 0.6) is 0 Å². The number of benzene rings is 1. The summed E-state index contributed by atoms with van der Waals surface area (Å²) in [6.45, 7) is 0.0798. The molecule has 0 radical (unpaired) electrons. The first-order valence-electron chi connectivity index (χ1n) is 4.40. The minimum atomic E-state index is -3.43. The van der Waals surface area contributed by atoms with E-state index in [-0.39, 0.29) is 22.1 Å². The molecule has 0 bridgehead atoms. The predicted molar refractivity (Wildman–Crippen MR) is 57.9 cm³/mol. The largest absolute Gasteiger partial charge is 0.398 e. The summed E-state index contributed by atoms with van der Waals surface area (Å²) in [6, 6.07) is 5.04. The van der Waals surface area contributed by atoms with E-state index in [0.29, 0.717) is 5.56 Å². The molecule has 0 saturated heterocycles. The Bertz CT molecular complexity index is 532. The fourth-order valence-corrected chi connectivity index (χ4v) is 3.27. The second-order valence-electron chi connectivity index (χ2n) is 3.31. The molecule has 0 unspecified atom stereocenters. The summed E-state index contributed by atoms with van der Waals surface area (Å²) in [6.07, 6.45) is 1.60. The SMILES string of the molecule is COCC1=Cc2cccc(N)c2S1(=O)=O. The third kappa shape index (κ3) is 1.44. The van der Waals surface area contributed by atoms with E-state index in [1.807, 2.05) is 0 Å². The molecular formula is C10H11NO3S. The molecule has 80 valence electrons. The Hall–Kier alpha value is -1.33. The number of anilines is 1. The van der Waals surface area contributed by atoms with Crippen LogP contribution in [0.1, 0.15) is 5.56 Å². The maximum Gasteiger partial charge on any atom is 0.207 e. The lowest BCUT2D eigenvalue weighted by Crippen LogP contribution is -2.07. The molecule has 4 nitrogen and oxygen atoms in total. The van der Waals surface area contributed by atoms with E-state index in [2.05, 4.69) is 0 Å². The first kappa shape index (κ1) is 10.2. The highest BCUT2D eigenvalue weighted by Gasteiger charge is 2.31. The van der Waals surface area contributed by atoms with Crippen LogP contribution in [-0.2, 0) is 14.6 Å². The van der Waals surface area contributed by atoms with Crippen LogP contribution in [0.3, 0.4) is 0 Å². The van der Waals surface area contributed by atoms with Gasteiger partial charge in [0.25, 0.3) is 0 Å². The highest BCUT2D eigenvalue weighted by molar-refractivity contribution is 7.96. The van der Waals surface area contributed by atoms with Gasteiger partial charge < -0.3 is 10.5 Å². The lowest BCUT2D eigenvalue weighted by Gasteiger charge is -2.04. The highest BCUT2D eigenvalue weighted by atomic mass is 32.2. The normalized spacial score (nSPS) is 17.3. The van der Waals surface area contributed by atoms with Crippen LogP contribution < -0.4 is 5.73 Å². The Balaban J connectivity index is 2.64. The molecule has 1 aliphatic heterocycles. The van der Waals surface area contributed by atoms with Crippen LogP contribution in [0.2, 0.25) is 0 Å². The van der Waals surface area contributed by atoms with E-state index in [9.17, 15) is 8.42 Å². The maximum atomic E-state index is 12.0. The number of hydrogen-bond acceptors (Lipinski definition) is 4. The lowest BCUT2D eigenvalue weighted by molar-refractivity contribution is 0.231. The first-order valence-corrected chi connectivity index (χ1v) is 5.89. The smallest absolute Gasteiger partial charge is 0.207 e. The van der Waals surface area contributed by atoms with Gasteiger partial charge >= 0.3 is 0 Å². The standard InChI is InChI=1S/C10H11NO3S/c1-14-6-8-5-7-3-2-4-9(11)10(7)15(8,12)13/h2-5H,6,11H2,1H3. The number of rotatable bonds is 2. The summed E-state index contributed by atoms with van der Waals surface area (Å²) in [5, 5.41) is 0. The number of nitrogens with two attached hydrogens (primary N) is 1. The van der Waals surface area contributed by atoms with Crippen molar-refractivity contribution in [2.45, 2.75) is 4.90 Å². The van der Waals surface area contributed by atoms with E-state index in [0.717, 1.165) is 0 Å². The fourth-order valence-electron chi connectivity index (χ4n) is 1.64. The van der Waals surface area contributed by atoms with E-state index < -0.39 is 9.84 Å². The molecule has 5 heteroatoms. The molecule has 1 aliphatic rings. The fraction of sp³-hybridized carbons (Fsp3) is 0.200. The average Bonchev–Trinajstić information content (AvgIpc) is 2.40. The summed E-state index contributed by atoms with van der Waals surface area (Å²) in [5.41, 5.74) is 6.58. The molecule has 0 aliphatic carbocycles. The van der Waals surface area contributed by atoms with Gasteiger partial charge in [0.15, 0.2) is 0 Å². The number of sulfone groups is 1. The summed E-state index contributed by atoms with van der Waals surface area (Å²) < 4.78 is 28.8. The van der Waals surface area contributed by atoms with Crippen molar-refractivity contribution in [2.75, 3.05) is 19.5 Å². The van der Waals surface area contributed by atoms with E-state index in [1.165, 1.54) is 7.11 Å². The van der Waals surface area contributed by atoms with Gasteiger partial charge in [-0.05, 0) is 17.7 Å². The number of ether oxygens (including phenoxy) is 1. The summed E-state index contributed by atoms with van der Waals surface area (Å²) in [4.78, 5) is 0.468. The van der Waals surface area contributed by atoms with Gasteiger partial charge in [0.1, 0.15) is 4.90 Å². The monoisotopic (exact) mass is 225 g/mol. The number of methoxy groups -OCH3 is 1. The minimum absolute atomic E-state index is 0.0798. The molecule has 1 aromatic carbocycles. The van der Waals surface area contributed by atoms with E-state index >= 15 is 0 Å². The highest BCUT2D eigenvalue weighted by Crippen LogP contribution is 2.36. The van der Waals surface area contributed by atoms with Crippen molar-refractivity contribution < 1.29 is 13.2 Å². The predicted octanol–water partition coefficient (Wildman–Crippen LogP) is 1.04. The van der Waals surface area contributed by atoms with Gasteiger partial charge in [0.05, 0.1) is 17.2 Å². The summed E-state index contributed by atoms with van der Waals surface area (Å²) >= 11 is 0. The first-order chi connectivity index (χ1) is 7.07. The molecule has 0 amide bonds. The molecule has 0 fully saturated rings. The van der Waals surface area contributed by atoms with Gasteiger partial charge in [-0.3, -0.25) is 0 Å². The molecule has 15 heavy (non-hydrogen) atoms. The van der Waals surface area contributed by atoms with Crippen molar-refractivity contribution in [3.05, 3.63) is 28.7 Å². The van der Waals surface area contributed by atoms with Gasteiger partial charge in [-0.25, -0.2) is 8.42 Å². The van der Waals surface area contributed by atoms with Crippen molar-refractivity contribution in [3.63, 3.8) is 0 Å². The van der Waals surface area contributed by atoms with Crippen LogP contribution in [0, 0.1) is 0 Å². The zero-order valence-corrected chi connectivity index (χ0v) is 9.04. The molecule has 2 N–H and O–H groups in total. The third-order valence-electron chi connectivity index (χ3n) is 2.29. The molecular weight excluding hydrogens is 214 g/mol. The van der Waals surface area contributed by atoms with Crippen LogP contribution >= 0.6 is 0 Å². The van der Waals surface area contributed by atoms with Crippen LogP contribution in [0.4, 0.5) is 5.69 Å². The Morgan fingerprint density at radius 2 is 2.13 bits per heavy atom. The molecule has 1 aromatic rings. The minimum Gasteiger partial charge on any atom is -0.398 e. The lowest BCUT2D eigenvalue weighted by atomic mass is 10.2. The molecule has 0 atom stereocenters. The maximum absolute atomic E-state index is 12.0. The van der Waals surface area contributed by atoms with Gasteiger partial charge in [-0.1, -0.05) is 12.1 Å². The zero-order valence-electron chi connectivity index (χ0n) is 8.23. The summed E-state index contributed by atoms with van der Waals surface area (Å²) in [5.74, 6) is 0. The third-order valence-corrected chi connectivity index (χ3v) is 4.23. The quantitative estimate of drug-likeness (QED) is 0.763. The molecule has 0 saturated carbocycles. The van der Waals surface area contributed by atoms with Gasteiger partial charge in [0.2, 0.25) is 9.84 Å². The van der Waals surface area contributed by atoms with Gasteiger partial charge in [0, 0.05) is 7.11 Å². The number of nitrogen functional groups attached to an aromatic ring is 1. The van der Waals surface area contributed by atoms with Crippen molar-refractivity contribution >= 4 is 21.6 Å². The van der Waals surface area contributed by atoms with Gasteiger partial charge in [-0.2, -0.15) is 0 Å². The zero-order chi connectivity index (χ0) is 11.1. The topological polar surface area (TPSA) is 69.4 Å². The molecule has 2 rings (SSSR count). The number of fused-ring (bicyclic) bond motifs is 1. The molecule has 0 spiro atoms. The Labute approximate surface area is 88.3 Å². The van der Waals surface area contributed by atoms with E-state index in [1.54, 1.807) is 24.3 Å². The second-order valence-corrected chi connectivity index (χ2v) is 5.25. The average molecular weight is 225 g/mol. The number of hydrogen-bond donors (Lipinski definition) is 1. The van der Waals surface area contributed by atoms with Crippen LogP contribution in [0.25, 0.3) is 6.08 Å². The summed E-state index contributed by atoms with van der Waals surface area (Å²) in [7, 11) is -1.97. The van der Waals surface area contributed by atoms with Crippen molar-refractivity contribution in [3.8, 4) is 0 Å². The van der Waals surface area contributed by atoms with Crippen LogP contribution in [-0.4, -0.2) is 22.1 Å². The van der Waals surface area contributed by atoms with Crippen molar-refractivity contribution in [2.24, 2.45) is 0 Å². The van der Waals surface area contributed by atoms with Crippen LogP contribution in [0.15, 0.2) is 28.0 Å². The van der Waals surface area contributed by atoms with E-state index in [4.69, 9.17) is 10.5 Å². The van der Waals surface area contributed by atoms with Crippen molar-refractivity contribution in [1.82, 2.24) is 0 Å². The second kappa shape index (κ2) is 3.36. The Morgan fingerprint density at radius 3 is 2.73 bits per heavy atom. The van der Waals surface area contributed by atoms with Crippen molar-refractivity contribution in [1.29, 1.82) is 0 Å². The molecule has 1 heterocycles. The van der Waals surface area contributed by atoms with Gasteiger partial charge in [-0.15, -0.1) is 0 Å². The Morgan fingerprint density at radius 1 is 1.40 bits per heavy atom. The molecule has 0 aromatic heterocycles.